The van der Waals surface area contributed by atoms with Gasteiger partial charge in [-0.25, -0.2) is 0 Å². The molecule has 2 fully saturated rings. The maximum Gasteiger partial charge on any atom is 0.269 e. The Morgan fingerprint density at radius 1 is 1.16 bits per heavy atom. The van der Waals surface area contributed by atoms with Crippen molar-refractivity contribution in [3.63, 3.8) is 0 Å². The molecule has 2 aliphatic rings. The summed E-state index contributed by atoms with van der Waals surface area (Å²) >= 11 is 0. The predicted molar refractivity (Wildman–Crippen MR) is 133 cm³/mol. The quantitative estimate of drug-likeness (QED) is 0.122. The Bertz CT molecular complexity index is 752. The molecule has 3 N–H and O–H groups in total. The Hall–Kier alpha value is -2.11. The van der Waals surface area contributed by atoms with E-state index in [9.17, 15) is 14.9 Å². The fourth-order valence-corrected chi connectivity index (χ4v) is 4.16. The Balaban J connectivity index is 0.00000341. The number of nitro benzene ring substituents is 1. The van der Waals surface area contributed by atoms with E-state index in [1.54, 1.807) is 19.2 Å². The Morgan fingerprint density at radius 3 is 2.52 bits per heavy atom. The molecule has 3 rings (SSSR count). The van der Waals surface area contributed by atoms with Crippen LogP contribution in [0.5, 0.6) is 0 Å². The van der Waals surface area contributed by atoms with E-state index in [4.69, 9.17) is 0 Å². The van der Waals surface area contributed by atoms with E-state index in [1.165, 1.54) is 31.4 Å². The summed E-state index contributed by atoms with van der Waals surface area (Å²) in [4.78, 5) is 29.3. The van der Waals surface area contributed by atoms with Crippen LogP contribution in [0.25, 0.3) is 0 Å². The van der Waals surface area contributed by atoms with Crippen molar-refractivity contribution in [2.24, 2.45) is 10.9 Å². The molecule has 1 aromatic rings. The number of guanidine groups is 1. The van der Waals surface area contributed by atoms with Crippen molar-refractivity contribution in [3.05, 3.63) is 34.4 Å². The number of carbonyl (C=O) groups is 1. The van der Waals surface area contributed by atoms with Crippen molar-refractivity contribution in [2.75, 3.05) is 38.5 Å². The zero-order valence-corrected chi connectivity index (χ0v) is 20.3. The molecule has 1 amide bonds. The molecule has 1 unspecified atom stereocenters. The molecule has 0 spiro atoms. The second-order valence-corrected chi connectivity index (χ2v) is 7.98. The van der Waals surface area contributed by atoms with Crippen LogP contribution in [0.1, 0.15) is 38.5 Å². The summed E-state index contributed by atoms with van der Waals surface area (Å²) in [6, 6.07) is 6.57. The highest BCUT2D eigenvalue weighted by Gasteiger charge is 2.31. The number of hydrogen-bond donors (Lipinski definition) is 3. The number of nitrogens with zero attached hydrogens (tertiary/aromatic N) is 3. The summed E-state index contributed by atoms with van der Waals surface area (Å²) in [6.45, 7) is 2.84. The van der Waals surface area contributed by atoms with Crippen LogP contribution in [-0.2, 0) is 4.79 Å². The van der Waals surface area contributed by atoms with Crippen LogP contribution in [0.3, 0.4) is 0 Å². The van der Waals surface area contributed by atoms with Gasteiger partial charge in [0.2, 0.25) is 5.91 Å². The van der Waals surface area contributed by atoms with Crippen molar-refractivity contribution >= 4 is 47.2 Å². The summed E-state index contributed by atoms with van der Waals surface area (Å²) in [7, 11) is 1.74. The van der Waals surface area contributed by atoms with Crippen molar-refractivity contribution in [2.45, 2.75) is 44.6 Å². The molecular weight excluding hydrogens is 511 g/mol. The number of halogens is 1. The molecule has 31 heavy (non-hydrogen) atoms. The van der Waals surface area contributed by atoms with Crippen molar-refractivity contribution in [1.29, 1.82) is 0 Å². The van der Waals surface area contributed by atoms with Gasteiger partial charge in [-0.05, 0) is 31.4 Å². The smallest absolute Gasteiger partial charge is 0.269 e. The fourth-order valence-electron chi connectivity index (χ4n) is 4.16. The first-order chi connectivity index (χ1) is 14.6. The molecule has 9 nitrogen and oxygen atoms in total. The number of nitrogens with one attached hydrogen (secondary N) is 3. The van der Waals surface area contributed by atoms with Gasteiger partial charge in [0.05, 0.1) is 4.92 Å². The number of hydrogen-bond acceptors (Lipinski definition) is 5. The van der Waals surface area contributed by atoms with E-state index in [-0.39, 0.29) is 41.6 Å². The van der Waals surface area contributed by atoms with Gasteiger partial charge in [-0.15, -0.1) is 24.0 Å². The van der Waals surface area contributed by atoms with E-state index in [1.807, 2.05) is 4.90 Å². The lowest BCUT2D eigenvalue weighted by Crippen LogP contribution is -2.46. The van der Waals surface area contributed by atoms with Gasteiger partial charge in [0.25, 0.3) is 5.69 Å². The zero-order chi connectivity index (χ0) is 21.3. The second kappa shape index (κ2) is 12.7. The van der Waals surface area contributed by atoms with E-state index < -0.39 is 4.92 Å². The maximum absolute atomic E-state index is 12.7. The molecule has 0 radical (unpaired) electrons. The lowest BCUT2D eigenvalue weighted by molar-refractivity contribution is -0.384. The molecule has 0 bridgehead atoms. The standard InChI is InChI=1S/C21H32N6O3.HI/c1-22-21(24-13-12-23-17-7-9-19(10-8-17)27(29)30)25-18-11-14-26(15-18)20(28)16-5-3-2-4-6-16;/h7-10,16,18,23H,2-6,11-15H2,1H3,(H2,22,24,25);1H. The van der Waals surface area contributed by atoms with Gasteiger partial charge in [0.15, 0.2) is 5.96 Å². The van der Waals surface area contributed by atoms with Crippen LogP contribution in [0.4, 0.5) is 11.4 Å². The molecule has 1 atom stereocenters. The van der Waals surface area contributed by atoms with E-state index in [0.717, 1.165) is 44.0 Å². The zero-order valence-electron chi connectivity index (χ0n) is 18.0. The van der Waals surface area contributed by atoms with Crippen molar-refractivity contribution < 1.29 is 9.72 Å². The van der Waals surface area contributed by atoms with Crippen LogP contribution in [0.15, 0.2) is 29.3 Å². The highest BCUT2D eigenvalue weighted by Crippen LogP contribution is 2.26. The van der Waals surface area contributed by atoms with Gasteiger partial charge in [-0.1, -0.05) is 19.3 Å². The highest BCUT2D eigenvalue weighted by molar-refractivity contribution is 14.0. The van der Waals surface area contributed by atoms with Gasteiger partial charge in [-0.3, -0.25) is 19.9 Å². The molecule has 172 valence electrons. The first kappa shape index (κ1) is 25.2. The average molecular weight is 544 g/mol. The molecular formula is C21H33IN6O3. The van der Waals surface area contributed by atoms with Gasteiger partial charge >= 0.3 is 0 Å². The predicted octanol–water partition coefficient (Wildman–Crippen LogP) is 2.97. The number of amides is 1. The van der Waals surface area contributed by atoms with Crippen LogP contribution in [-0.4, -0.2) is 61.0 Å². The van der Waals surface area contributed by atoms with Gasteiger partial charge < -0.3 is 20.9 Å². The fraction of sp³-hybridized carbons (Fsp3) is 0.619. The summed E-state index contributed by atoms with van der Waals surface area (Å²) < 4.78 is 0. The molecule has 1 aliphatic carbocycles. The minimum Gasteiger partial charge on any atom is -0.383 e. The number of rotatable bonds is 7. The van der Waals surface area contributed by atoms with Crippen molar-refractivity contribution in [3.8, 4) is 0 Å². The molecule has 10 heteroatoms. The third-order valence-electron chi connectivity index (χ3n) is 5.84. The topological polar surface area (TPSA) is 112 Å². The minimum atomic E-state index is -0.409. The van der Waals surface area contributed by atoms with Crippen LogP contribution >= 0.6 is 24.0 Å². The Morgan fingerprint density at radius 2 is 1.87 bits per heavy atom. The SMILES string of the molecule is CN=C(NCCNc1ccc([N+](=O)[O-])cc1)NC1CCN(C(=O)C2CCCCC2)C1.I. The minimum absolute atomic E-state index is 0. The Kier molecular flexibility index (Phi) is 10.3. The number of non-ortho nitro benzene ring substituents is 1. The lowest BCUT2D eigenvalue weighted by atomic mass is 9.88. The molecule has 1 saturated heterocycles. The average Bonchev–Trinajstić information content (AvgIpc) is 3.24. The third kappa shape index (κ3) is 7.51. The first-order valence-corrected chi connectivity index (χ1v) is 10.8. The lowest BCUT2D eigenvalue weighted by Gasteiger charge is -2.26. The largest absolute Gasteiger partial charge is 0.383 e. The number of aliphatic imine (C=N–C) groups is 1. The number of carbonyl (C=O) groups excluding carboxylic acids is 1. The van der Waals surface area contributed by atoms with Crippen LogP contribution in [0, 0.1) is 16.0 Å². The molecule has 1 aromatic carbocycles. The Labute approximate surface area is 200 Å². The van der Waals surface area contributed by atoms with E-state index >= 15 is 0 Å². The van der Waals surface area contributed by atoms with Crippen molar-refractivity contribution in [1.82, 2.24) is 15.5 Å². The highest BCUT2D eigenvalue weighted by atomic mass is 127. The van der Waals surface area contributed by atoms with E-state index in [0.29, 0.717) is 19.0 Å². The van der Waals surface area contributed by atoms with Gasteiger partial charge in [-0.2, -0.15) is 0 Å². The maximum atomic E-state index is 12.7. The first-order valence-electron chi connectivity index (χ1n) is 10.8. The molecule has 1 saturated carbocycles. The van der Waals surface area contributed by atoms with Crippen LogP contribution < -0.4 is 16.0 Å². The monoisotopic (exact) mass is 544 g/mol. The van der Waals surface area contributed by atoms with Crippen LogP contribution in [0.2, 0.25) is 0 Å². The van der Waals surface area contributed by atoms with E-state index in [2.05, 4.69) is 20.9 Å². The summed E-state index contributed by atoms with van der Waals surface area (Å²) in [5.41, 5.74) is 0.911. The molecule has 0 aromatic heterocycles. The number of anilines is 1. The summed E-state index contributed by atoms with van der Waals surface area (Å²) in [5.74, 6) is 1.27. The number of likely N-dealkylation sites (tertiary alicyclic amines) is 1. The summed E-state index contributed by atoms with van der Waals surface area (Å²) in [5, 5.41) is 20.6. The molecule has 1 heterocycles. The number of nitro groups is 1. The third-order valence-corrected chi connectivity index (χ3v) is 5.84. The summed E-state index contributed by atoms with van der Waals surface area (Å²) in [6.07, 6.45) is 6.62. The van der Waals surface area contributed by atoms with Gasteiger partial charge in [0, 0.05) is 63.0 Å². The normalized spacial score (nSPS) is 19.5. The number of benzene rings is 1. The second-order valence-electron chi connectivity index (χ2n) is 7.98. The molecule has 1 aliphatic heterocycles. The van der Waals surface area contributed by atoms with Gasteiger partial charge in [0.1, 0.15) is 0 Å².